The summed E-state index contributed by atoms with van der Waals surface area (Å²) < 4.78 is 7.23. The highest BCUT2D eigenvalue weighted by Crippen LogP contribution is 2.19. The molecule has 5 nitrogen and oxygen atoms in total. The van der Waals surface area contributed by atoms with E-state index in [4.69, 9.17) is 4.74 Å². The van der Waals surface area contributed by atoms with E-state index >= 15 is 0 Å². The Kier molecular flexibility index (Phi) is 4.61. The molecule has 0 aliphatic heterocycles. The van der Waals surface area contributed by atoms with Crippen LogP contribution >= 0.6 is 0 Å². The van der Waals surface area contributed by atoms with Gasteiger partial charge in [-0.15, -0.1) is 0 Å². The van der Waals surface area contributed by atoms with Gasteiger partial charge in [-0.3, -0.25) is 4.79 Å². The third kappa shape index (κ3) is 3.15. The predicted octanol–water partition coefficient (Wildman–Crippen LogP) is 3.43. The van der Waals surface area contributed by atoms with Crippen molar-refractivity contribution < 1.29 is 9.53 Å². The van der Waals surface area contributed by atoms with Gasteiger partial charge in [0.2, 0.25) is 0 Å². The average molecular weight is 321 g/mol. The second-order valence-electron chi connectivity index (χ2n) is 5.32. The van der Waals surface area contributed by atoms with Gasteiger partial charge >= 0.3 is 0 Å². The second kappa shape index (κ2) is 7.00. The van der Waals surface area contributed by atoms with E-state index in [9.17, 15) is 4.79 Å². The first-order chi connectivity index (χ1) is 11.7. The molecule has 0 spiro atoms. The van der Waals surface area contributed by atoms with E-state index in [-0.39, 0.29) is 5.91 Å². The van der Waals surface area contributed by atoms with Crippen LogP contribution in [0.2, 0.25) is 0 Å². The molecule has 0 bridgehead atoms. The minimum atomic E-state index is -0.256. The van der Waals surface area contributed by atoms with E-state index in [0.717, 1.165) is 23.0 Å². The van der Waals surface area contributed by atoms with Crippen LogP contribution < -0.4 is 10.2 Å². The largest absolute Gasteiger partial charge is 0.497 e. The summed E-state index contributed by atoms with van der Waals surface area (Å²) in [6, 6.07) is 15.0. The fourth-order valence-electron chi connectivity index (χ4n) is 2.61. The lowest BCUT2D eigenvalue weighted by molar-refractivity contribution is 0.0955. The zero-order chi connectivity index (χ0) is 16.9. The molecule has 5 heteroatoms. The molecule has 0 aliphatic rings. The smallest absolute Gasteiger partial charge is 0.271 e. The highest BCUT2D eigenvalue weighted by atomic mass is 16.5. The summed E-state index contributed by atoms with van der Waals surface area (Å²) in [6.07, 6.45) is 3.71. The molecule has 0 fully saturated rings. The first-order valence-corrected chi connectivity index (χ1v) is 7.78. The molecular weight excluding hydrogens is 302 g/mol. The van der Waals surface area contributed by atoms with Crippen molar-refractivity contribution in [3.63, 3.8) is 0 Å². The molecule has 0 radical (unpaired) electrons. The maximum Gasteiger partial charge on any atom is 0.271 e. The molecule has 24 heavy (non-hydrogen) atoms. The van der Waals surface area contributed by atoms with Gasteiger partial charge in [0.25, 0.3) is 5.91 Å². The summed E-state index contributed by atoms with van der Waals surface area (Å²) in [6.45, 7) is 2.98. The number of fused-ring (bicyclic) bond motifs is 1. The van der Waals surface area contributed by atoms with E-state index < -0.39 is 0 Å². The van der Waals surface area contributed by atoms with Gasteiger partial charge in [-0.25, -0.2) is 5.43 Å². The molecule has 3 rings (SSSR count). The van der Waals surface area contributed by atoms with Crippen molar-refractivity contribution in [2.24, 2.45) is 5.10 Å². The Hall–Kier alpha value is -3.08. The van der Waals surface area contributed by atoms with Gasteiger partial charge < -0.3 is 9.30 Å². The van der Waals surface area contributed by atoms with E-state index in [1.165, 1.54) is 0 Å². The van der Waals surface area contributed by atoms with Crippen molar-refractivity contribution in [3.8, 4) is 5.75 Å². The third-order valence-electron chi connectivity index (χ3n) is 3.88. The highest BCUT2D eigenvalue weighted by molar-refractivity contribution is 6.00. The average Bonchev–Trinajstić information content (AvgIpc) is 3.00. The number of hydrogen-bond donors (Lipinski definition) is 1. The number of hydrogen-bond acceptors (Lipinski definition) is 3. The van der Waals surface area contributed by atoms with Gasteiger partial charge in [-0.2, -0.15) is 5.10 Å². The quantitative estimate of drug-likeness (QED) is 0.578. The third-order valence-corrected chi connectivity index (χ3v) is 3.88. The van der Waals surface area contributed by atoms with Crippen molar-refractivity contribution in [3.05, 3.63) is 65.9 Å². The van der Waals surface area contributed by atoms with Gasteiger partial charge in [0.05, 0.1) is 13.3 Å². The van der Waals surface area contributed by atoms with Crippen LogP contribution in [0.3, 0.4) is 0 Å². The fourth-order valence-corrected chi connectivity index (χ4v) is 2.61. The number of nitrogens with zero attached hydrogens (tertiary/aromatic N) is 2. The summed E-state index contributed by atoms with van der Waals surface area (Å²) in [5.41, 5.74) is 5.22. The number of carbonyl (C=O) groups is 1. The molecule has 0 atom stereocenters. The van der Waals surface area contributed by atoms with Crippen LogP contribution in [0.15, 0.2) is 59.8 Å². The number of carbonyl (C=O) groups excluding carboxylic acids is 1. The van der Waals surface area contributed by atoms with Crippen LogP contribution in [0.5, 0.6) is 5.75 Å². The van der Waals surface area contributed by atoms with Crippen LogP contribution in [0, 0.1) is 0 Å². The topological polar surface area (TPSA) is 55.6 Å². The SMILES string of the molecule is CCn1cc(/C=N\NC(=O)c2ccc(OC)cc2)c2ccccc21. The summed E-state index contributed by atoms with van der Waals surface area (Å²) in [5, 5.41) is 5.20. The number of aromatic nitrogens is 1. The number of aryl methyl sites for hydroxylation is 1. The summed E-state index contributed by atoms with van der Waals surface area (Å²) in [7, 11) is 1.59. The van der Waals surface area contributed by atoms with Gasteiger partial charge in [0, 0.05) is 34.8 Å². The number of methoxy groups -OCH3 is 1. The molecule has 0 saturated heterocycles. The second-order valence-corrected chi connectivity index (χ2v) is 5.32. The van der Waals surface area contributed by atoms with Crippen LogP contribution in [0.1, 0.15) is 22.8 Å². The van der Waals surface area contributed by atoms with Crippen molar-refractivity contribution in [1.29, 1.82) is 0 Å². The van der Waals surface area contributed by atoms with E-state index in [1.54, 1.807) is 37.6 Å². The molecule has 0 aliphatic carbocycles. The zero-order valence-electron chi connectivity index (χ0n) is 13.7. The Morgan fingerprint density at radius 2 is 1.96 bits per heavy atom. The van der Waals surface area contributed by atoms with Gasteiger partial charge in [-0.1, -0.05) is 18.2 Å². The summed E-state index contributed by atoms with van der Waals surface area (Å²) >= 11 is 0. The fraction of sp³-hybridized carbons (Fsp3) is 0.158. The van der Waals surface area contributed by atoms with Crippen LogP contribution in [0.25, 0.3) is 10.9 Å². The lowest BCUT2D eigenvalue weighted by Crippen LogP contribution is -2.17. The van der Waals surface area contributed by atoms with Gasteiger partial charge in [0.1, 0.15) is 5.75 Å². The lowest BCUT2D eigenvalue weighted by atomic mass is 10.2. The lowest BCUT2D eigenvalue weighted by Gasteiger charge is -2.01. The Balaban J connectivity index is 1.75. The normalized spacial score (nSPS) is 11.1. The number of amides is 1. The molecule has 1 aromatic heterocycles. The molecule has 2 aromatic carbocycles. The molecule has 1 amide bonds. The van der Waals surface area contributed by atoms with Crippen LogP contribution in [0.4, 0.5) is 0 Å². The number of nitrogens with one attached hydrogen (secondary N) is 1. The number of benzene rings is 2. The predicted molar refractivity (Wildman–Crippen MR) is 95.7 cm³/mol. The summed E-state index contributed by atoms with van der Waals surface area (Å²) in [5.74, 6) is 0.454. The van der Waals surface area contributed by atoms with Crippen LogP contribution in [-0.4, -0.2) is 23.8 Å². The Morgan fingerprint density at radius 3 is 2.67 bits per heavy atom. The molecule has 0 saturated carbocycles. The number of hydrazone groups is 1. The summed E-state index contributed by atoms with van der Waals surface area (Å²) in [4.78, 5) is 12.1. The molecule has 1 N–H and O–H groups in total. The van der Waals surface area contributed by atoms with Crippen molar-refractivity contribution in [1.82, 2.24) is 9.99 Å². The van der Waals surface area contributed by atoms with E-state index in [0.29, 0.717) is 11.3 Å². The maximum atomic E-state index is 12.1. The molecule has 3 aromatic rings. The molecule has 0 unspecified atom stereocenters. The standard InChI is InChI=1S/C19H19N3O2/c1-3-22-13-15(17-6-4-5-7-18(17)22)12-20-21-19(23)14-8-10-16(24-2)11-9-14/h4-13H,3H2,1-2H3,(H,21,23)/b20-12-. The van der Waals surface area contributed by atoms with E-state index in [2.05, 4.69) is 28.1 Å². The molecule has 1 heterocycles. The van der Waals surface area contributed by atoms with Crippen molar-refractivity contribution in [2.75, 3.05) is 7.11 Å². The minimum absolute atomic E-state index is 0.256. The zero-order valence-corrected chi connectivity index (χ0v) is 13.7. The Bertz CT molecular complexity index is 879. The van der Waals surface area contributed by atoms with Gasteiger partial charge in [0.15, 0.2) is 0 Å². The monoisotopic (exact) mass is 321 g/mol. The van der Waals surface area contributed by atoms with Crippen LogP contribution in [-0.2, 0) is 6.54 Å². The van der Waals surface area contributed by atoms with E-state index in [1.807, 2.05) is 24.4 Å². The maximum absolute atomic E-state index is 12.1. The first kappa shape index (κ1) is 15.8. The number of para-hydroxylation sites is 1. The Morgan fingerprint density at radius 1 is 1.21 bits per heavy atom. The first-order valence-electron chi connectivity index (χ1n) is 7.78. The highest BCUT2D eigenvalue weighted by Gasteiger charge is 2.06. The van der Waals surface area contributed by atoms with Crippen molar-refractivity contribution in [2.45, 2.75) is 13.5 Å². The number of rotatable bonds is 5. The number of ether oxygens (including phenoxy) is 1. The van der Waals surface area contributed by atoms with Crippen molar-refractivity contribution >= 4 is 23.0 Å². The molecule has 122 valence electrons. The minimum Gasteiger partial charge on any atom is -0.497 e. The van der Waals surface area contributed by atoms with Gasteiger partial charge in [-0.05, 0) is 37.3 Å². The Labute approximate surface area is 140 Å². The molecular formula is C19H19N3O2.